The molecule has 5 rings (SSSR count). The molecule has 2 aromatic heterocycles. The Morgan fingerprint density at radius 3 is 2.58 bits per heavy atom. The van der Waals surface area contributed by atoms with Crippen LogP contribution in [0, 0.1) is 19.7 Å². The molecule has 3 N–H and O–H groups in total. The van der Waals surface area contributed by atoms with Crippen LogP contribution in [-0.4, -0.2) is 37.0 Å². The normalized spacial score (nSPS) is 14.4. The van der Waals surface area contributed by atoms with Crippen LogP contribution in [0.5, 0.6) is 0 Å². The molecule has 36 heavy (non-hydrogen) atoms. The lowest BCUT2D eigenvalue weighted by molar-refractivity contribution is 0.0931. The summed E-state index contributed by atoms with van der Waals surface area (Å²) in [4.78, 5) is 37.9. The second kappa shape index (κ2) is 9.65. The van der Waals surface area contributed by atoms with Gasteiger partial charge in [-0.2, -0.15) is 5.10 Å². The second-order valence-electron chi connectivity index (χ2n) is 8.76. The van der Waals surface area contributed by atoms with E-state index < -0.39 is 5.91 Å². The maximum atomic E-state index is 13.5. The van der Waals surface area contributed by atoms with Crippen molar-refractivity contribution in [3.8, 4) is 11.4 Å². The van der Waals surface area contributed by atoms with E-state index >= 15 is 0 Å². The fraction of sp³-hybridized carbons (Fsp3) is 0.231. The summed E-state index contributed by atoms with van der Waals surface area (Å²) in [6, 6.07) is 9.84. The van der Waals surface area contributed by atoms with Gasteiger partial charge in [-0.1, -0.05) is 24.3 Å². The first kappa shape index (κ1) is 23.3. The van der Waals surface area contributed by atoms with Crippen molar-refractivity contribution in [1.82, 2.24) is 35.8 Å². The van der Waals surface area contributed by atoms with E-state index in [0.29, 0.717) is 11.4 Å². The van der Waals surface area contributed by atoms with Crippen molar-refractivity contribution in [3.63, 3.8) is 0 Å². The van der Waals surface area contributed by atoms with Crippen molar-refractivity contribution in [3.05, 3.63) is 94.1 Å². The Kier molecular flexibility index (Phi) is 6.24. The molecule has 0 fully saturated rings. The largest absolute Gasteiger partial charge is 0.347 e. The minimum atomic E-state index is -0.449. The van der Waals surface area contributed by atoms with Gasteiger partial charge in [0.25, 0.3) is 11.8 Å². The average molecular weight is 486 g/mol. The Morgan fingerprint density at radius 1 is 1.03 bits per heavy atom. The van der Waals surface area contributed by atoms with Crippen LogP contribution in [0.25, 0.3) is 11.4 Å². The molecule has 2 aromatic carbocycles. The predicted octanol–water partition coefficient (Wildman–Crippen LogP) is 3.36. The molecular weight excluding hydrogens is 461 g/mol. The highest BCUT2D eigenvalue weighted by Gasteiger charge is 2.27. The molecule has 0 spiro atoms. The fourth-order valence-electron chi connectivity index (χ4n) is 4.55. The van der Waals surface area contributed by atoms with E-state index in [-0.39, 0.29) is 35.7 Å². The number of carbonyl (C=O) groups is 2. The molecule has 0 aliphatic heterocycles. The van der Waals surface area contributed by atoms with Crippen LogP contribution in [0.15, 0.2) is 49.1 Å². The zero-order valence-corrected chi connectivity index (χ0v) is 19.8. The Bertz CT molecular complexity index is 1450. The van der Waals surface area contributed by atoms with Gasteiger partial charge in [0.2, 0.25) is 0 Å². The van der Waals surface area contributed by atoms with E-state index in [1.807, 2.05) is 19.1 Å². The number of halogens is 1. The van der Waals surface area contributed by atoms with Crippen LogP contribution in [0.2, 0.25) is 0 Å². The van der Waals surface area contributed by atoms with Gasteiger partial charge >= 0.3 is 0 Å². The number of fused-ring (bicyclic) bond motifs is 1. The molecule has 0 radical (unpaired) electrons. The topological polar surface area (TPSA) is 126 Å². The maximum Gasteiger partial charge on any atom is 0.270 e. The van der Waals surface area contributed by atoms with Gasteiger partial charge in [-0.05, 0) is 60.6 Å². The average Bonchev–Trinajstić information content (AvgIpc) is 3.56. The lowest BCUT2D eigenvalue weighted by atomic mass is 9.97. The minimum Gasteiger partial charge on any atom is -0.347 e. The van der Waals surface area contributed by atoms with Crippen molar-refractivity contribution in [2.24, 2.45) is 0 Å². The highest BCUT2D eigenvalue weighted by Crippen LogP contribution is 2.37. The molecule has 10 heteroatoms. The van der Waals surface area contributed by atoms with E-state index in [1.165, 1.54) is 30.4 Å². The van der Waals surface area contributed by atoms with Gasteiger partial charge in [0, 0.05) is 18.2 Å². The molecule has 0 saturated heterocycles. The molecule has 0 bridgehead atoms. The number of hydrogen-bond donors (Lipinski definition) is 3. The van der Waals surface area contributed by atoms with Gasteiger partial charge in [0.15, 0.2) is 5.82 Å². The number of H-pyrrole nitrogens is 1. The molecule has 0 unspecified atom stereocenters. The maximum absolute atomic E-state index is 13.5. The first-order valence-electron chi connectivity index (χ1n) is 11.5. The Morgan fingerprint density at radius 2 is 1.83 bits per heavy atom. The predicted molar refractivity (Wildman–Crippen MR) is 129 cm³/mol. The molecule has 1 aliphatic rings. The number of hydrogen-bond acceptors (Lipinski definition) is 6. The Hall–Kier alpha value is -4.47. The smallest absolute Gasteiger partial charge is 0.270 e. The van der Waals surface area contributed by atoms with E-state index in [0.717, 1.165) is 35.1 Å². The van der Waals surface area contributed by atoms with E-state index in [4.69, 9.17) is 0 Å². The molecular formula is C26H24FN7O2. The number of benzene rings is 2. The number of nitrogens with one attached hydrogen (secondary N) is 3. The summed E-state index contributed by atoms with van der Waals surface area (Å²) >= 11 is 0. The van der Waals surface area contributed by atoms with E-state index in [2.05, 4.69) is 35.8 Å². The number of aromatic nitrogens is 5. The van der Waals surface area contributed by atoms with Crippen molar-refractivity contribution >= 4 is 11.8 Å². The Labute approximate surface area is 206 Å². The summed E-state index contributed by atoms with van der Waals surface area (Å²) in [6.45, 7) is 3.92. The van der Waals surface area contributed by atoms with Gasteiger partial charge in [0.05, 0.1) is 6.04 Å². The SMILES string of the molecule is Cc1cc(CNC(=O)c2cc(C(=O)N[C@H]3CCc4c3ccc(-c3ncn[nH]3)c4C)ncn2)ccc1F. The van der Waals surface area contributed by atoms with Gasteiger partial charge in [0.1, 0.15) is 29.9 Å². The zero-order chi connectivity index (χ0) is 25.2. The van der Waals surface area contributed by atoms with Crippen LogP contribution in [0.4, 0.5) is 4.39 Å². The third-order valence-electron chi connectivity index (χ3n) is 6.48. The highest BCUT2D eigenvalue weighted by atomic mass is 19.1. The fourth-order valence-corrected chi connectivity index (χ4v) is 4.55. The number of nitrogens with zero attached hydrogens (tertiary/aromatic N) is 4. The van der Waals surface area contributed by atoms with Gasteiger partial charge < -0.3 is 10.6 Å². The van der Waals surface area contributed by atoms with E-state index in [1.54, 1.807) is 19.1 Å². The van der Waals surface area contributed by atoms with Crippen LogP contribution < -0.4 is 10.6 Å². The molecule has 182 valence electrons. The first-order chi connectivity index (χ1) is 17.4. The van der Waals surface area contributed by atoms with Gasteiger partial charge in [-0.15, -0.1) is 0 Å². The summed E-state index contributed by atoms with van der Waals surface area (Å²) < 4.78 is 13.5. The van der Waals surface area contributed by atoms with Crippen LogP contribution >= 0.6 is 0 Å². The van der Waals surface area contributed by atoms with Crippen molar-refractivity contribution in [1.29, 1.82) is 0 Å². The summed E-state index contributed by atoms with van der Waals surface area (Å²) in [5.74, 6) is -0.415. The van der Waals surface area contributed by atoms with Crippen LogP contribution in [0.3, 0.4) is 0 Å². The standard InChI is InChI=1S/C26H24FN7O2/c1-14-9-16(3-7-20(14)27)11-28-25(35)22-10-23(30-12-29-22)26(36)33-21-8-6-17-15(2)18(4-5-19(17)21)24-31-13-32-34-24/h3-5,7,9-10,12-13,21H,6,8,11H2,1-2H3,(H,28,35)(H,33,36)(H,31,32,34)/t21-/m0/s1. The third kappa shape index (κ3) is 4.57. The summed E-state index contributed by atoms with van der Waals surface area (Å²) in [5, 5.41) is 12.6. The second-order valence-corrected chi connectivity index (χ2v) is 8.76. The van der Waals surface area contributed by atoms with Crippen molar-refractivity contribution < 1.29 is 14.0 Å². The third-order valence-corrected chi connectivity index (χ3v) is 6.48. The van der Waals surface area contributed by atoms with Crippen molar-refractivity contribution in [2.45, 2.75) is 39.3 Å². The number of amides is 2. The summed E-state index contributed by atoms with van der Waals surface area (Å²) in [7, 11) is 0. The number of carbonyl (C=O) groups excluding carboxylic acids is 2. The van der Waals surface area contributed by atoms with Gasteiger partial charge in [-0.25, -0.2) is 19.3 Å². The quantitative estimate of drug-likeness (QED) is 0.385. The molecule has 0 saturated carbocycles. The minimum absolute atomic E-state index is 0.0772. The molecule has 1 aliphatic carbocycles. The van der Waals surface area contributed by atoms with Gasteiger partial charge in [-0.3, -0.25) is 14.7 Å². The van der Waals surface area contributed by atoms with Crippen LogP contribution in [0.1, 0.15) is 61.3 Å². The highest BCUT2D eigenvalue weighted by molar-refractivity contribution is 5.97. The molecule has 2 amide bonds. The van der Waals surface area contributed by atoms with Crippen LogP contribution in [-0.2, 0) is 13.0 Å². The first-order valence-corrected chi connectivity index (χ1v) is 11.5. The zero-order valence-electron chi connectivity index (χ0n) is 19.8. The Balaban J connectivity index is 1.26. The summed E-state index contributed by atoms with van der Waals surface area (Å²) in [5.41, 5.74) is 5.79. The summed E-state index contributed by atoms with van der Waals surface area (Å²) in [6.07, 6.45) is 4.26. The van der Waals surface area contributed by atoms with E-state index in [9.17, 15) is 14.0 Å². The number of aromatic amines is 1. The number of aryl methyl sites for hydroxylation is 1. The monoisotopic (exact) mass is 485 g/mol. The molecule has 2 heterocycles. The molecule has 9 nitrogen and oxygen atoms in total. The lowest BCUT2D eigenvalue weighted by Gasteiger charge is -2.15. The lowest BCUT2D eigenvalue weighted by Crippen LogP contribution is -2.29. The molecule has 1 atom stereocenters. The van der Waals surface area contributed by atoms with Crippen molar-refractivity contribution in [2.75, 3.05) is 0 Å². The molecule has 4 aromatic rings. The number of rotatable bonds is 6.